The smallest absolute Gasteiger partial charge is 0.376 e. The van der Waals surface area contributed by atoms with Crippen molar-refractivity contribution in [1.29, 1.82) is 0 Å². The second-order valence-electron chi connectivity index (χ2n) is 4.29. The van der Waals surface area contributed by atoms with Gasteiger partial charge in [0, 0.05) is 0 Å². The molecule has 5 nitrogen and oxygen atoms in total. The van der Waals surface area contributed by atoms with Crippen LogP contribution in [0.5, 0.6) is 0 Å². The zero-order valence-electron chi connectivity index (χ0n) is 10.3. The largest absolute Gasteiger partial charge is 0.468 e. The number of carbonyl (C=O) groups excluding carboxylic acids is 1. The van der Waals surface area contributed by atoms with Crippen LogP contribution in [0.4, 0.5) is 0 Å². The molecule has 0 unspecified atom stereocenters. The molecule has 0 bridgehead atoms. The van der Waals surface area contributed by atoms with Gasteiger partial charge in [-0.05, 0) is 45.7 Å². The fourth-order valence-electron chi connectivity index (χ4n) is 2.30. The first-order valence-corrected chi connectivity index (χ1v) is 5.77. The van der Waals surface area contributed by atoms with Crippen molar-refractivity contribution in [2.45, 2.75) is 25.7 Å². The molecule has 0 saturated carbocycles. The summed E-state index contributed by atoms with van der Waals surface area (Å²) >= 11 is 0. The van der Waals surface area contributed by atoms with E-state index in [1.165, 1.54) is 7.11 Å². The van der Waals surface area contributed by atoms with Gasteiger partial charge in [0.25, 0.3) is 0 Å². The predicted molar refractivity (Wildman–Crippen MR) is 63.0 cm³/mol. The minimum Gasteiger partial charge on any atom is -0.468 e. The minimum absolute atomic E-state index is 0.196. The predicted octanol–water partition coefficient (Wildman–Crippen LogP) is -0.430. The van der Waals surface area contributed by atoms with E-state index in [2.05, 4.69) is 5.32 Å². The highest BCUT2D eigenvalue weighted by molar-refractivity contribution is 6.45. The molecule has 92 valence electrons. The summed E-state index contributed by atoms with van der Waals surface area (Å²) in [7, 11) is 2.80. The lowest BCUT2D eigenvalue weighted by molar-refractivity contribution is -0.144. The van der Waals surface area contributed by atoms with Gasteiger partial charge in [-0.3, -0.25) is 4.79 Å². The molecule has 16 heavy (non-hydrogen) atoms. The summed E-state index contributed by atoms with van der Waals surface area (Å²) in [5.74, 6) is 0.102. The van der Waals surface area contributed by atoms with E-state index in [-0.39, 0.29) is 12.0 Å². The van der Waals surface area contributed by atoms with Crippen LogP contribution in [0.1, 0.15) is 12.8 Å². The molecule has 2 N–H and O–H groups in total. The van der Waals surface area contributed by atoms with Crippen molar-refractivity contribution in [2.75, 3.05) is 27.2 Å². The molecule has 1 heterocycles. The quantitative estimate of drug-likeness (QED) is 0.505. The summed E-state index contributed by atoms with van der Waals surface area (Å²) in [4.78, 5) is 13.5. The Morgan fingerprint density at radius 1 is 1.56 bits per heavy atom. The summed E-state index contributed by atoms with van der Waals surface area (Å²) in [6.45, 7) is 3.44. The third-order valence-electron chi connectivity index (χ3n) is 3.34. The molecule has 0 aromatic rings. The molecule has 1 aliphatic rings. The Balaban J connectivity index is 2.48. The van der Waals surface area contributed by atoms with Crippen LogP contribution in [0.3, 0.4) is 0 Å². The fourth-order valence-corrected chi connectivity index (χ4v) is 2.30. The van der Waals surface area contributed by atoms with E-state index in [0.717, 1.165) is 25.9 Å². The number of piperidine rings is 1. The average molecular weight is 228 g/mol. The number of nitrogens with one attached hydrogen (secondary N) is 1. The second-order valence-corrected chi connectivity index (χ2v) is 4.29. The summed E-state index contributed by atoms with van der Waals surface area (Å²) in [5.41, 5.74) is 0. The van der Waals surface area contributed by atoms with Crippen molar-refractivity contribution in [3.05, 3.63) is 0 Å². The molecule has 0 spiro atoms. The maximum absolute atomic E-state index is 11.5. The number of rotatable bonds is 4. The highest BCUT2D eigenvalue weighted by Crippen LogP contribution is 2.21. The highest BCUT2D eigenvalue weighted by Gasteiger charge is 2.32. The normalized spacial score (nSPS) is 20.5. The van der Waals surface area contributed by atoms with E-state index < -0.39 is 7.05 Å². The number of methoxy groups -OCH3 is 1. The maximum Gasteiger partial charge on any atom is 0.376 e. The third-order valence-corrected chi connectivity index (χ3v) is 3.34. The average Bonchev–Trinajstić information content (AvgIpc) is 2.30. The summed E-state index contributed by atoms with van der Waals surface area (Å²) in [6, 6.07) is -0.221. The molecular weight excluding hydrogens is 207 g/mol. The Morgan fingerprint density at radius 2 is 2.12 bits per heavy atom. The van der Waals surface area contributed by atoms with E-state index in [4.69, 9.17) is 4.74 Å². The van der Waals surface area contributed by atoms with E-state index in [1.54, 1.807) is 13.9 Å². The van der Waals surface area contributed by atoms with Gasteiger partial charge in [-0.1, -0.05) is 0 Å². The molecule has 0 aliphatic carbocycles. The Labute approximate surface area is 97.3 Å². The molecule has 0 amide bonds. The van der Waals surface area contributed by atoms with Crippen LogP contribution in [0.2, 0.25) is 6.82 Å². The van der Waals surface area contributed by atoms with Crippen LogP contribution in [-0.4, -0.2) is 56.1 Å². The number of ether oxygens (including phenoxy) is 1. The maximum atomic E-state index is 11.5. The van der Waals surface area contributed by atoms with Crippen LogP contribution >= 0.6 is 0 Å². The van der Waals surface area contributed by atoms with Gasteiger partial charge in [0.2, 0.25) is 0 Å². The first-order chi connectivity index (χ1) is 7.60. The lowest BCUT2D eigenvalue weighted by atomic mass is 9.79. The number of hydrogen-bond donors (Lipinski definition) is 2. The van der Waals surface area contributed by atoms with Crippen molar-refractivity contribution in [3.8, 4) is 0 Å². The standard InChI is InChI=1S/C10H21BN2O3/c1-11(15)13-6-4-8(5-7-13)9(12-2)10(14)16-3/h8-9,12,15H,4-7H2,1-3H3/t9-/m1/s1. The molecule has 1 saturated heterocycles. The fraction of sp³-hybridized carbons (Fsp3) is 0.900. The van der Waals surface area contributed by atoms with Gasteiger partial charge >= 0.3 is 13.0 Å². The summed E-state index contributed by atoms with van der Waals surface area (Å²) in [5, 5.41) is 12.4. The number of carbonyl (C=O) groups is 1. The van der Waals surface area contributed by atoms with Crippen LogP contribution < -0.4 is 5.32 Å². The molecule has 1 fully saturated rings. The topological polar surface area (TPSA) is 61.8 Å². The molecule has 0 aromatic carbocycles. The Hall–Kier alpha value is -0.585. The molecule has 1 aliphatic heterocycles. The molecule has 0 radical (unpaired) electrons. The van der Waals surface area contributed by atoms with Gasteiger partial charge in [0.05, 0.1) is 7.11 Å². The lowest BCUT2D eigenvalue weighted by Crippen LogP contribution is -2.49. The molecule has 1 atom stereocenters. The Morgan fingerprint density at radius 3 is 2.50 bits per heavy atom. The Bertz CT molecular complexity index is 230. The SMILES string of the molecule is CN[C@@H](C(=O)OC)C1CCN(B(C)O)CC1. The first-order valence-electron chi connectivity index (χ1n) is 5.77. The zero-order valence-corrected chi connectivity index (χ0v) is 10.3. The summed E-state index contributed by atoms with van der Waals surface area (Å²) < 4.78 is 4.77. The summed E-state index contributed by atoms with van der Waals surface area (Å²) in [6.07, 6.45) is 1.82. The second kappa shape index (κ2) is 6.22. The van der Waals surface area contributed by atoms with Crippen LogP contribution in [0, 0.1) is 5.92 Å². The molecular formula is C10H21BN2O3. The van der Waals surface area contributed by atoms with E-state index in [1.807, 2.05) is 4.81 Å². The Kier molecular flexibility index (Phi) is 5.24. The van der Waals surface area contributed by atoms with E-state index in [0.29, 0.717) is 5.92 Å². The lowest BCUT2D eigenvalue weighted by Gasteiger charge is -2.35. The minimum atomic E-state index is -0.396. The highest BCUT2D eigenvalue weighted by atomic mass is 16.5. The van der Waals surface area contributed by atoms with E-state index >= 15 is 0 Å². The van der Waals surface area contributed by atoms with E-state index in [9.17, 15) is 9.82 Å². The van der Waals surface area contributed by atoms with Gasteiger partial charge in [0.15, 0.2) is 0 Å². The van der Waals surface area contributed by atoms with Gasteiger partial charge in [0.1, 0.15) is 6.04 Å². The van der Waals surface area contributed by atoms with Crippen molar-refractivity contribution in [2.24, 2.45) is 5.92 Å². The number of hydrogen-bond acceptors (Lipinski definition) is 5. The van der Waals surface area contributed by atoms with Crippen molar-refractivity contribution < 1.29 is 14.6 Å². The van der Waals surface area contributed by atoms with Crippen molar-refractivity contribution >= 4 is 13.0 Å². The van der Waals surface area contributed by atoms with Gasteiger partial charge in [-0.2, -0.15) is 0 Å². The number of esters is 1. The number of likely N-dealkylation sites (N-methyl/N-ethyl adjacent to an activating group) is 1. The van der Waals surface area contributed by atoms with Gasteiger partial charge in [-0.15, -0.1) is 0 Å². The van der Waals surface area contributed by atoms with Gasteiger partial charge in [-0.25, -0.2) is 0 Å². The third kappa shape index (κ3) is 3.20. The molecule has 6 heteroatoms. The molecule has 1 rings (SSSR count). The van der Waals surface area contributed by atoms with Crippen molar-refractivity contribution in [3.63, 3.8) is 0 Å². The molecule has 0 aromatic heterocycles. The monoisotopic (exact) mass is 228 g/mol. The van der Waals surface area contributed by atoms with Crippen LogP contribution in [0.15, 0.2) is 0 Å². The van der Waals surface area contributed by atoms with Crippen molar-refractivity contribution in [1.82, 2.24) is 10.1 Å². The van der Waals surface area contributed by atoms with Crippen LogP contribution in [-0.2, 0) is 9.53 Å². The van der Waals surface area contributed by atoms with Crippen LogP contribution in [0.25, 0.3) is 0 Å². The first kappa shape index (κ1) is 13.5. The van der Waals surface area contributed by atoms with Gasteiger partial charge < -0.3 is 19.9 Å². The zero-order chi connectivity index (χ0) is 12.1. The number of nitrogens with zero attached hydrogens (tertiary/aromatic N) is 1.